The van der Waals surface area contributed by atoms with Crippen LogP contribution in [0.25, 0.3) is 0 Å². The summed E-state index contributed by atoms with van der Waals surface area (Å²) in [6.07, 6.45) is 0. The van der Waals surface area contributed by atoms with E-state index in [4.69, 9.17) is 4.74 Å². The first-order valence-corrected chi connectivity index (χ1v) is 9.18. The molecule has 0 aliphatic carbocycles. The molecule has 0 heterocycles. The van der Waals surface area contributed by atoms with Crippen LogP contribution < -0.4 is 14.5 Å². The van der Waals surface area contributed by atoms with Gasteiger partial charge in [-0.3, -0.25) is 0 Å². The van der Waals surface area contributed by atoms with E-state index in [1.807, 2.05) is 6.07 Å². The summed E-state index contributed by atoms with van der Waals surface area (Å²) in [5.41, 5.74) is 6.17. The van der Waals surface area contributed by atoms with E-state index in [9.17, 15) is 0 Å². The van der Waals surface area contributed by atoms with Crippen LogP contribution in [0.15, 0.2) is 72.8 Å². The van der Waals surface area contributed by atoms with E-state index in [2.05, 4.69) is 105 Å². The van der Waals surface area contributed by atoms with E-state index in [-0.39, 0.29) is 5.92 Å². The monoisotopic (exact) mass is 360 g/mol. The van der Waals surface area contributed by atoms with Gasteiger partial charge in [-0.25, -0.2) is 0 Å². The molecule has 0 aliphatic rings. The molecule has 3 heteroatoms. The Morgan fingerprint density at radius 1 is 0.630 bits per heavy atom. The van der Waals surface area contributed by atoms with Crippen molar-refractivity contribution >= 4 is 11.4 Å². The van der Waals surface area contributed by atoms with E-state index in [0.29, 0.717) is 0 Å². The zero-order valence-electron chi connectivity index (χ0n) is 16.8. The molecule has 140 valence electrons. The molecule has 3 aromatic rings. The Hall–Kier alpha value is -2.94. The number of benzene rings is 3. The molecule has 0 N–H and O–H groups in total. The smallest absolute Gasteiger partial charge is 0.119 e. The molecule has 0 aromatic heterocycles. The van der Waals surface area contributed by atoms with Gasteiger partial charge in [0.15, 0.2) is 0 Å². The Morgan fingerprint density at radius 3 is 1.52 bits per heavy atom. The van der Waals surface area contributed by atoms with Gasteiger partial charge in [0.05, 0.1) is 7.11 Å². The zero-order chi connectivity index (χ0) is 19.4. The number of rotatable bonds is 6. The van der Waals surface area contributed by atoms with Gasteiger partial charge in [-0.2, -0.15) is 0 Å². The average Bonchev–Trinajstić information content (AvgIpc) is 2.69. The summed E-state index contributed by atoms with van der Waals surface area (Å²) in [7, 11) is 9.97. The van der Waals surface area contributed by atoms with E-state index in [1.54, 1.807) is 7.11 Å². The summed E-state index contributed by atoms with van der Waals surface area (Å²) in [5.74, 6) is 1.04. The molecule has 0 saturated heterocycles. The van der Waals surface area contributed by atoms with Crippen molar-refractivity contribution in [2.45, 2.75) is 5.92 Å². The molecule has 0 fully saturated rings. The first-order chi connectivity index (χ1) is 13.0. The van der Waals surface area contributed by atoms with Crippen LogP contribution in [0.5, 0.6) is 5.75 Å². The van der Waals surface area contributed by atoms with Crippen molar-refractivity contribution in [1.29, 1.82) is 0 Å². The fraction of sp³-hybridized carbons (Fsp3) is 0.250. The van der Waals surface area contributed by atoms with E-state index < -0.39 is 0 Å². The summed E-state index contributed by atoms with van der Waals surface area (Å²) < 4.78 is 5.46. The summed E-state index contributed by atoms with van der Waals surface area (Å²) in [6.45, 7) is 0. The molecule has 0 radical (unpaired) electrons. The molecule has 3 nitrogen and oxygen atoms in total. The zero-order valence-corrected chi connectivity index (χ0v) is 16.8. The van der Waals surface area contributed by atoms with Crippen molar-refractivity contribution in [2.24, 2.45) is 0 Å². The first-order valence-electron chi connectivity index (χ1n) is 9.18. The fourth-order valence-corrected chi connectivity index (χ4v) is 3.33. The Balaban J connectivity index is 2.07. The van der Waals surface area contributed by atoms with Gasteiger partial charge in [-0.05, 0) is 53.1 Å². The lowest BCUT2D eigenvalue weighted by atomic mass is 9.85. The molecule has 27 heavy (non-hydrogen) atoms. The molecule has 0 saturated carbocycles. The van der Waals surface area contributed by atoms with Crippen LogP contribution in [0.4, 0.5) is 11.4 Å². The number of ether oxygens (including phenoxy) is 1. The second-order valence-electron chi connectivity index (χ2n) is 7.18. The van der Waals surface area contributed by atoms with E-state index in [1.165, 1.54) is 28.1 Å². The van der Waals surface area contributed by atoms with Crippen molar-refractivity contribution in [3.8, 4) is 5.75 Å². The number of hydrogen-bond acceptors (Lipinski definition) is 3. The SMILES string of the molecule is COc1cccc(C(c2ccc(N(C)C)cc2)c2ccc(N(C)C)cc2)c1. The molecule has 0 spiro atoms. The quantitative estimate of drug-likeness (QED) is 0.575. The lowest BCUT2D eigenvalue weighted by Gasteiger charge is -2.22. The van der Waals surface area contributed by atoms with Gasteiger partial charge in [0, 0.05) is 45.5 Å². The molecule has 0 aliphatic heterocycles. The van der Waals surface area contributed by atoms with E-state index in [0.717, 1.165) is 5.75 Å². The highest BCUT2D eigenvalue weighted by atomic mass is 16.5. The highest BCUT2D eigenvalue weighted by Crippen LogP contribution is 2.35. The summed E-state index contributed by atoms with van der Waals surface area (Å²) in [6, 6.07) is 25.9. The minimum Gasteiger partial charge on any atom is -0.497 e. The second-order valence-corrected chi connectivity index (χ2v) is 7.18. The molecular formula is C24H28N2O. The number of nitrogens with zero attached hydrogens (tertiary/aromatic N) is 2. The average molecular weight is 361 g/mol. The Bertz CT molecular complexity index is 816. The Labute approximate surface area is 162 Å². The van der Waals surface area contributed by atoms with Crippen LogP contribution in [0.1, 0.15) is 22.6 Å². The third-order valence-electron chi connectivity index (χ3n) is 4.91. The van der Waals surface area contributed by atoms with Gasteiger partial charge in [0.1, 0.15) is 5.75 Å². The molecule has 3 aromatic carbocycles. The van der Waals surface area contributed by atoms with Gasteiger partial charge in [0.25, 0.3) is 0 Å². The van der Waals surface area contributed by atoms with Crippen molar-refractivity contribution in [2.75, 3.05) is 45.1 Å². The van der Waals surface area contributed by atoms with Gasteiger partial charge in [0.2, 0.25) is 0 Å². The van der Waals surface area contributed by atoms with E-state index >= 15 is 0 Å². The van der Waals surface area contributed by atoms with Crippen LogP contribution in [-0.2, 0) is 0 Å². The number of anilines is 2. The van der Waals surface area contributed by atoms with Crippen LogP contribution in [-0.4, -0.2) is 35.3 Å². The molecule has 0 amide bonds. The van der Waals surface area contributed by atoms with Gasteiger partial charge in [-0.15, -0.1) is 0 Å². The Morgan fingerprint density at radius 2 is 1.11 bits per heavy atom. The highest BCUT2D eigenvalue weighted by Gasteiger charge is 2.18. The third kappa shape index (κ3) is 4.25. The maximum atomic E-state index is 5.46. The first kappa shape index (κ1) is 18.8. The van der Waals surface area contributed by atoms with Crippen LogP contribution >= 0.6 is 0 Å². The van der Waals surface area contributed by atoms with Gasteiger partial charge >= 0.3 is 0 Å². The predicted octanol–water partition coefficient (Wildman–Crippen LogP) is 5.01. The summed E-state index contributed by atoms with van der Waals surface area (Å²) >= 11 is 0. The maximum Gasteiger partial charge on any atom is 0.119 e. The van der Waals surface area contributed by atoms with Crippen molar-refractivity contribution in [3.63, 3.8) is 0 Å². The Kier molecular flexibility index (Phi) is 5.70. The summed E-state index contributed by atoms with van der Waals surface area (Å²) in [5, 5.41) is 0. The molecule has 0 bridgehead atoms. The minimum absolute atomic E-state index is 0.160. The molecular weight excluding hydrogens is 332 g/mol. The van der Waals surface area contributed by atoms with Crippen LogP contribution in [0.2, 0.25) is 0 Å². The summed E-state index contributed by atoms with van der Waals surface area (Å²) in [4.78, 5) is 4.24. The number of hydrogen-bond donors (Lipinski definition) is 0. The topological polar surface area (TPSA) is 15.7 Å². The highest BCUT2D eigenvalue weighted by molar-refractivity contribution is 5.53. The lowest BCUT2D eigenvalue weighted by Crippen LogP contribution is -2.10. The van der Waals surface area contributed by atoms with Gasteiger partial charge < -0.3 is 14.5 Å². The fourth-order valence-electron chi connectivity index (χ4n) is 3.33. The third-order valence-corrected chi connectivity index (χ3v) is 4.91. The number of methoxy groups -OCH3 is 1. The van der Waals surface area contributed by atoms with Crippen molar-refractivity contribution < 1.29 is 4.74 Å². The van der Waals surface area contributed by atoms with Crippen molar-refractivity contribution in [3.05, 3.63) is 89.5 Å². The lowest BCUT2D eigenvalue weighted by molar-refractivity contribution is 0.414. The minimum atomic E-state index is 0.160. The predicted molar refractivity (Wildman–Crippen MR) is 115 cm³/mol. The molecule has 0 unspecified atom stereocenters. The van der Waals surface area contributed by atoms with Gasteiger partial charge in [-0.1, -0.05) is 36.4 Å². The maximum absolute atomic E-state index is 5.46. The van der Waals surface area contributed by atoms with Crippen LogP contribution in [0, 0.1) is 0 Å². The molecule has 3 rings (SSSR count). The molecule has 0 atom stereocenters. The largest absolute Gasteiger partial charge is 0.497 e. The standard InChI is InChI=1S/C24H28N2O/c1-25(2)21-13-9-18(10-14-21)24(20-7-6-8-23(17-20)27-5)19-11-15-22(16-12-19)26(3)4/h6-17,24H,1-5H3. The normalized spacial score (nSPS) is 10.7. The van der Waals surface area contributed by atoms with Crippen molar-refractivity contribution in [1.82, 2.24) is 0 Å². The van der Waals surface area contributed by atoms with Crippen LogP contribution in [0.3, 0.4) is 0 Å². The second kappa shape index (κ2) is 8.17.